The summed E-state index contributed by atoms with van der Waals surface area (Å²) in [5, 5.41) is 10.6. The third-order valence-corrected chi connectivity index (χ3v) is 10.9. The van der Waals surface area contributed by atoms with Crippen LogP contribution in [-0.2, 0) is 15.3 Å². The molecule has 2 aliphatic carbocycles. The first-order valence-corrected chi connectivity index (χ1v) is 15.9. The van der Waals surface area contributed by atoms with Crippen LogP contribution in [0.25, 0.3) is 11.3 Å². The Hall–Kier alpha value is -3.54. The maximum atomic E-state index is 14.6. The number of halogens is 2. The largest absolute Gasteiger partial charge is 0.281 e. The molecule has 1 saturated heterocycles. The molecule has 1 N–H and O–H groups in total. The van der Waals surface area contributed by atoms with Crippen LogP contribution >= 0.6 is 0 Å². The van der Waals surface area contributed by atoms with Crippen LogP contribution in [0.2, 0.25) is 0 Å². The summed E-state index contributed by atoms with van der Waals surface area (Å²) in [5.74, 6) is -0.00830. The smallest absolute Gasteiger partial charge is 0.246 e. The van der Waals surface area contributed by atoms with Gasteiger partial charge in [0, 0.05) is 12.1 Å². The minimum atomic E-state index is -3.03. The molecule has 2 fully saturated rings. The lowest BCUT2D eigenvalue weighted by Crippen LogP contribution is -2.42. The van der Waals surface area contributed by atoms with Gasteiger partial charge in [0.1, 0.15) is 24.1 Å². The number of aromatic nitrogens is 4. The molecule has 216 valence electrons. The van der Waals surface area contributed by atoms with Crippen molar-refractivity contribution in [1.82, 2.24) is 25.6 Å². The van der Waals surface area contributed by atoms with E-state index in [0.29, 0.717) is 18.2 Å². The lowest BCUT2D eigenvalue weighted by atomic mass is 9.66. The number of nitrogens with one attached hydrogen (secondary N) is 1. The number of hydrazine groups is 1. The molecule has 0 spiro atoms. The normalized spacial score (nSPS) is 26.7. The van der Waals surface area contributed by atoms with Gasteiger partial charge in [-0.25, -0.2) is 37.2 Å². The molecule has 4 aliphatic rings. The van der Waals surface area contributed by atoms with Crippen LogP contribution in [0.15, 0.2) is 41.5 Å². The van der Waals surface area contributed by atoms with Gasteiger partial charge >= 0.3 is 0 Å². The van der Waals surface area contributed by atoms with Crippen molar-refractivity contribution in [3.8, 4) is 11.3 Å². The Morgan fingerprint density at radius 2 is 1.83 bits per heavy atom. The number of amidine groups is 1. The average Bonchev–Trinajstić information content (AvgIpc) is 3.69. The molecule has 9 nitrogen and oxygen atoms in total. The van der Waals surface area contributed by atoms with E-state index in [1.54, 1.807) is 17.3 Å². The lowest BCUT2D eigenvalue weighted by molar-refractivity contribution is 0.242. The average molecular weight is 582 g/mol. The molecule has 1 aromatic carbocycles. The van der Waals surface area contributed by atoms with Gasteiger partial charge in [-0.05, 0) is 60.4 Å². The molecule has 41 heavy (non-hydrogen) atoms. The number of fused-ring (bicyclic) bond motifs is 5. The van der Waals surface area contributed by atoms with E-state index in [2.05, 4.69) is 39.4 Å². The predicted octanol–water partition coefficient (Wildman–Crippen LogP) is 4.56. The fourth-order valence-electron chi connectivity index (χ4n) is 7.17. The zero-order valence-corrected chi connectivity index (χ0v) is 24.3. The highest BCUT2D eigenvalue weighted by atomic mass is 32.2. The Balaban J connectivity index is 0.00000148. The number of hydrogen-bond acceptors (Lipinski definition) is 9. The van der Waals surface area contributed by atoms with Crippen molar-refractivity contribution in [1.29, 1.82) is 0 Å². The molecule has 7 rings (SSSR count). The van der Waals surface area contributed by atoms with Crippen LogP contribution < -0.4 is 10.4 Å². The van der Waals surface area contributed by atoms with Crippen molar-refractivity contribution in [2.75, 3.05) is 23.2 Å². The minimum Gasteiger partial charge on any atom is -0.281 e. The number of hydrogen-bond donors (Lipinski definition) is 1. The Labute approximate surface area is 238 Å². The first-order valence-electron chi connectivity index (χ1n) is 14.1. The summed E-state index contributed by atoms with van der Waals surface area (Å²) in [6.07, 6.45) is 3.96. The summed E-state index contributed by atoms with van der Waals surface area (Å²) in [6.45, 7) is 8.66. The SMILES string of the molecule is CC.CC1(C)[C@H]2CC[C@]1(c1ccnc(N3CN=C([C@H]4CCS(=O)(=O)C4)N3)n1)c1nnc(-c3c(F)cccc3F)cc12. The molecule has 1 saturated carbocycles. The van der Waals surface area contributed by atoms with E-state index >= 15 is 0 Å². The van der Waals surface area contributed by atoms with Gasteiger partial charge in [-0.2, -0.15) is 5.10 Å². The first-order chi connectivity index (χ1) is 19.6. The second kappa shape index (κ2) is 9.78. The maximum Gasteiger partial charge on any atom is 0.246 e. The van der Waals surface area contributed by atoms with E-state index < -0.39 is 26.9 Å². The molecular weight excluding hydrogens is 548 g/mol. The van der Waals surface area contributed by atoms with Crippen molar-refractivity contribution >= 4 is 21.6 Å². The summed E-state index contributed by atoms with van der Waals surface area (Å²) >= 11 is 0. The minimum absolute atomic E-state index is 0.0977. The number of anilines is 1. The van der Waals surface area contributed by atoms with E-state index in [1.165, 1.54) is 18.2 Å². The summed E-state index contributed by atoms with van der Waals surface area (Å²) in [5.41, 5.74) is 4.95. The van der Waals surface area contributed by atoms with Crippen LogP contribution in [0.3, 0.4) is 0 Å². The van der Waals surface area contributed by atoms with E-state index in [-0.39, 0.29) is 46.7 Å². The monoisotopic (exact) mass is 581 g/mol. The third kappa shape index (κ3) is 4.12. The molecule has 0 amide bonds. The van der Waals surface area contributed by atoms with E-state index in [1.807, 2.05) is 19.9 Å². The molecule has 2 aromatic heterocycles. The zero-order valence-electron chi connectivity index (χ0n) is 23.5. The van der Waals surface area contributed by atoms with Gasteiger partial charge < -0.3 is 0 Å². The van der Waals surface area contributed by atoms with E-state index in [9.17, 15) is 17.2 Å². The van der Waals surface area contributed by atoms with Gasteiger partial charge in [0.05, 0.1) is 39.6 Å². The van der Waals surface area contributed by atoms with Gasteiger partial charge in [0.2, 0.25) is 5.95 Å². The van der Waals surface area contributed by atoms with Crippen LogP contribution in [0.1, 0.15) is 69.8 Å². The number of nitrogens with zero attached hydrogens (tertiary/aromatic N) is 6. The number of benzene rings is 1. The van der Waals surface area contributed by atoms with Crippen molar-refractivity contribution < 1.29 is 17.2 Å². The molecule has 2 aliphatic heterocycles. The summed E-state index contributed by atoms with van der Waals surface area (Å²) < 4.78 is 53.0. The summed E-state index contributed by atoms with van der Waals surface area (Å²) in [6, 6.07) is 7.47. The van der Waals surface area contributed by atoms with Gasteiger partial charge in [0.25, 0.3) is 0 Å². The predicted molar refractivity (Wildman–Crippen MR) is 152 cm³/mol. The number of sulfone groups is 1. The quantitative estimate of drug-likeness (QED) is 0.477. The highest BCUT2D eigenvalue weighted by Crippen LogP contribution is 2.69. The van der Waals surface area contributed by atoms with Crippen LogP contribution in [0.5, 0.6) is 0 Å². The molecule has 4 heterocycles. The second-order valence-corrected chi connectivity index (χ2v) is 13.6. The fraction of sp³-hybridized carbons (Fsp3) is 0.483. The molecule has 0 unspecified atom stereocenters. The standard InChI is InChI=1S/C27H27F2N7O2S.C2H6/c1-26(2)17-6-9-27(26,23-16(17)12-20(33-34-23)22-18(28)4-3-5-19(22)29)21-7-10-30-25(32-21)36-14-31-24(35-36)15-8-11-39(37,38)13-15;1-2/h3-5,7,10,12,15,17H,6,8-9,11,13-14H2,1-2H3,(H,31,35);1-2H3/t15-,17-,27-;/m0./s1. The molecule has 3 aromatic rings. The van der Waals surface area contributed by atoms with E-state index in [0.717, 1.165) is 29.8 Å². The summed E-state index contributed by atoms with van der Waals surface area (Å²) in [4.78, 5) is 14.0. The lowest BCUT2D eigenvalue weighted by Gasteiger charge is -2.37. The molecule has 12 heteroatoms. The summed E-state index contributed by atoms with van der Waals surface area (Å²) in [7, 11) is -3.03. The second-order valence-electron chi connectivity index (χ2n) is 11.4. The number of aliphatic imine (C=N–C) groups is 1. The topological polar surface area (TPSA) is 113 Å². The number of rotatable bonds is 4. The van der Waals surface area contributed by atoms with Crippen LogP contribution in [-0.4, -0.2) is 52.6 Å². The molecular formula is C29H33F2N7O2S. The Kier molecular flexibility index (Phi) is 6.59. The molecule has 0 radical (unpaired) electrons. The Morgan fingerprint density at radius 1 is 1.07 bits per heavy atom. The molecule has 3 atom stereocenters. The van der Waals surface area contributed by atoms with Crippen molar-refractivity contribution in [2.45, 2.75) is 58.3 Å². The van der Waals surface area contributed by atoms with Gasteiger partial charge in [-0.15, -0.1) is 5.10 Å². The van der Waals surface area contributed by atoms with Crippen molar-refractivity contribution in [3.05, 3.63) is 65.1 Å². The van der Waals surface area contributed by atoms with E-state index in [4.69, 9.17) is 4.98 Å². The van der Waals surface area contributed by atoms with Crippen LogP contribution in [0, 0.1) is 23.0 Å². The first kappa shape index (κ1) is 27.6. The molecule has 2 bridgehead atoms. The highest BCUT2D eigenvalue weighted by molar-refractivity contribution is 7.91. The third-order valence-electron chi connectivity index (χ3n) is 9.17. The zero-order chi connectivity index (χ0) is 29.2. The van der Waals surface area contributed by atoms with Gasteiger partial charge in [-0.1, -0.05) is 33.8 Å². The van der Waals surface area contributed by atoms with Crippen molar-refractivity contribution in [2.24, 2.45) is 16.3 Å². The van der Waals surface area contributed by atoms with Gasteiger partial charge in [-0.3, -0.25) is 5.43 Å². The maximum absolute atomic E-state index is 14.6. The highest BCUT2D eigenvalue weighted by Gasteiger charge is 2.65. The fourth-order valence-corrected chi connectivity index (χ4v) is 8.92. The van der Waals surface area contributed by atoms with Crippen molar-refractivity contribution in [3.63, 3.8) is 0 Å². The Bertz CT molecular complexity index is 1640. The van der Waals surface area contributed by atoms with Crippen LogP contribution in [0.4, 0.5) is 14.7 Å². The van der Waals surface area contributed by atoms with Gasteiger partial charge in [0.15, 0.2) is 9.84 Å². The Morgan fingerprint density at radius 3 is 2.54 bits per heavy atom.